The van der Waals surface area contributed by atoms with Crippen LogP contribution in [0.1, 0.15) is 20.3 Å². The van der Waals surface area contributed by atoms with Crippen LogP contribution < -0.4 is 10.6 Å². The number of amides is 1. The van der Waals surface area contributed by atoms with E-state index in [4.69, 9.17) is 16.6 Å². The maximum atomic E-state index is 11.8. The molecule has 0 bridgehead atoms. The van der Waals surface area contributed by atoms with E-state index < -0.39 is 0 Å². The van der Waals surface area contributed by atoms with Gasteiger partial charge in [0.2, 0.25) is 11.8 Å². The van der Waals surface area contributed by atoms with Crippen LogP contribution in [0.15, 0.2) is 46.9 Å². The Balaban J connectivity index is 1.79. The van der Waals surface area contributed by atoms with Crippen molar-refractivity contribution >= 4 is 40.0 Å². The number of benzene rings is 2. The van der Waals surface area contributed by atoms with Gasteiger partial charge in [-0.1, -0.05) is 26.0 Å². The van der Waals surface area contributed by atoms with Gasteiger partial charge in [0.15, 0.2) is 10.7 Å². The zero-order chi connectivity index (χ0) is 18.7. The average Bonchev–Trinajstić information content (AvgIpc) is 2.99. The fourth-order valence-electron chi connectivity index (χ4n) is 2.48. The molecule has 0 aliphatic rings. The molecule has 134 valence electrons. The number of hydrogen-bond acceptors (Lipinski definition) is 5. The van der Waals surface area contributed by atoms with Gasteiger partial charge in [0, 0.05) is 12.1 Å². The molecule has 0 radical (unpaired) electrons. The van der Waals surface area contributed by atoms with Crippen LogP contribution >= 0.6 is 12.2 Å². The molecule has 1 aromatic heterocycles. The number of carbonyl (C=O) groups is 1. The van der Waals surface area contributed by atoms with Crippen molar-refractivity contribution in [3.8, 4) is 17.2 Å². The van der Waals surface area contributed by atoms with E-state index in [9.17, 15) is 9.90 Å². The summed E-state index contributed by atoms with van der Waals surface area (Å²) >= 11 is 5.17. The van der Waals surface area contributed by atoms with Crippen LogP contribution in [-0.2, 0) is 4.79 Å². The summed E-state index contributed by atoms with van der Waals surface area (Å²) in [5.41, 5.74) is 2.38. The van der Waals surface area contributed by atoms with Crippen molar-refractivity contribution in [3.05, 3.63) is 42.5 Å². The zero-order valence-corrected chi connectivity index (χ0v) is 15.3. The zero-order valence-electron chi connectivity index (χ0n) is 14.4. The first kappa shape index (κ1) is 17.9. The van der Waals surface area contributed by atoms with E-state index in [1.54, 1.807) is 12.1 Å². The summed E-state index contributed by atoms with van der Waals surface area (Å²) in [5, 5.41) is 15.9. The molecule has 0 aliphatic heterocycles. The first-order valence-corrected chi connectivity index (χ1v) is 8.63. The molecule has 0 fully saturated rings. The quantitative estimate of drug-likeness (QED) is 0.475. The molecule has 3 N–H and O–H groups in total. The largest absolute Gasteiger partial charge is 0.507 e. The molecule has 26 heavy (non-hydrogen) atoms. The maximum absolute atomic E-state index is 11.8. The Labute approximate surface area is 156 Å². The monoisotopic (exact) mass is 369 g/mol. The summed E-state index contributed by atoms with van der Waals surface area (Å²) in [6, 6.07) is 12.2. The minimum Gasteiger partial charge on any atom is -0.507 e. The second-order valence-corrected chi connectivity index (χ2v) is 6.73. The molecule has 0 saturated heterocycles. The van der Waals surface area contributed by atoms with Gasteiger partial charge in [0.25, 0.3) is 0 Å². The van der Waals surface area contributed by atoms with E-state index in [0.717, 1.165) is 0 Å². The van der Waals surface area contributed by atoms with E-state index in [-0.39, 0.29) is 22.7 Å². The lowest BCUT2D eigenvalue weighted by atomic mass is 10.1. The highest BCUT2D eigenvalue weighted by molar-refractivity contribution is 7.80. The molecule has 6 nitrogen and oxygen atoms in total. The molecule has 0 aliphatic carbocycles. The molecule has 7 heteroatoms. The number of oxazole rings is 1. The summed E-state index contributed by atoms with van der Waals surface area (Å²) in [6.07, 6.45) is 0.394. The minimum absolute atomic E-state index is 0.0388. The van der Waals surface area contributed by atoms with Crippen LogP contribution in [0.2, 0.25) is 0 Å². The molecule has 0 unspecified atom stereocenters. The molecule has 2 aromatic carbocycles. The fraction of sp³-hybridized carbons (Fsp3) is 0.211. The van der Waals surface area contributed by atoms with Gasteiger partial charge in [-0.25, -0.2) is 4.98 Å². The number of thiocarbonyl (C=S) groups is 1. The third-order valence-electron chi connectivity index (χ3n) is 3.63. The van der Waals surface area contributed by atoms with Gasteiger partial charge in [-0.05, 0) is 48.5 Å². The highest BCUT2D eigenvalue weighted by Gasteiger charge is 2.14. The van der Waals surface area contributed by atoms with Gasteiger partial charge in [0.1, 0.15) is 11.3 Å². The molecule has 1 heterocycles. The van der Waals surface area contributed by atoms with Gasteiger partial charge in [0.05, 0.1) is 5.56 Å². The SMILES string of the molecule is CC(C)CC(=O)NC(=S)Nc1ccc(O)c(-c2nc3ccccc3o2)c1. The first-order valence-electron chi connectivity index (χ1n) is 8.22. The predicted octanol–water partition coefficient (Wildman–Crippen LogP) is 4.06. The molecule has 1 amide bonds. The lowest BCUT2D eigenvalue weighted by Crippen LogP contribution is -2.34. The molecule has 0 spiro atoms. The number of rotatable bonds is 4. The third kappa shape index (κ3) is 4.18. The van der Waals surface area contributed by atoms with Crippen LogP contribution in [0.4, 0.5) is 5.69 Å². The first-order chi connectivity index (χ1) is 12.4. The van der Waals surface area contributed by atoms with Crippen LogP contribution in [0.25, 0.3) is 22.6 Å². The number of phenols is 1. The second-order valence-electron chi connectivity index (χ2n) is 6.32. The lowest BCUT2D eigenvalue weighted by Gasteiger charge is -2.11. The van der Waals surface area contributed by atoms with Gasteiger partial charge in [-0.3, -0.25) is 4.79 Å². The Bertz CT molecular complexity index is 933. The number of anilines is 1. The number of fused-ring (bicyclic) bond motifs is 1. The van der Waals surface area contributed by atoms with E-state index >= 15 is 0 Å². The lowest BCUT2D eigenvalue weighted by molar-refractivity contribution is -0.120. The van der Waals surface area contributed by atoms with Crippen molar-refractivity contribution in [2.45, 2.75) is 20.3 Å². The van der Waals surface area contributed by atoms with Crippen molar-refractivity contribution in [1.29, 1.82) is 0 Å². The average molecular weight is 369 g/mol. The number of nitrogens with one attached hydrogen (secondary N) is 2. The number of aromatic hydroxyl groups is 1. The summed E-state index contributed by atoms with van der Waals surface area (Å²) in [4.78, 5) is 16.2. The van der Waals surface area contributed by atoms with Crippen molar-refractivity contribution in [1.82, 2.24) is 10.3 Å². The Morgan fingerprint density at radius 2 is 2.04 bits per heavy atom. The van der Waals surface area contributed by atoms with Crippen molar-refractivity contribution < 1.29 is 14.3 Å². The molecule has 3 rings (SSSR count). The summed E-state index contributed by atoms with van der Waals surface area (Å²) in [5.74, 6) is 0.451. The third-order valence-corrected chi connectivity index (χ3v) is 3.83. The highest BCUT2D eigenvalue weighted by atomic mass is 32.1. The van der Waals surface area contributed by atoms with Crippen LogP contribution in [0.5, 0.6) is 5.75 Å². The van der Waals surface area contributed by atoms with E-state index in [2.05, 4.69) is 15.6 Å². The summed E-state index contributed by atoms with van der Waals surface area (Å²) in [6.45, 7) is 3.92. The van der Waals surface area contributed by atoms with Gasteiger partial charge >= 0.3 is 0 Å². The van der Waals surface area contributed by atoms with Crippen molar-refractivity contribution in [2.75, 3.05) is 5.32 Å². The van der Waals surface area contributed by atoms with Crippen LogP contribution in [0.3, 0.4) is 0 Å². The standard InChI is InChI=1S/C19H19N3O3S/c1-11(2)9-17(24)22-19(26)20-12-7-8-15(23)13(10-12)18-21-14-5-3-4-6-16(14)25-18/h3-8,10-11,23H,9H2,1-2H3,(H2,20,22,24,26). The van der Waals surface area contributed by atoms with Crippen molar-refractivity contribution in [2.24, 2.45) is 5.92 Å². The highest BCUT2D eigenvalue weighted by Crippen LogP contribution is 2.33. The topological polar surface area (TPSA) is 87.4 Å². The normalized spacial score (nSPS) is 10.9. The summed E-state index contributed by atoms with van der Waals surface area (Å²) in [7, 11) is 0. The second kappa shape index (κ2) is 7.53. The molecule has 0 saturated carbocycles. The molecule has 0 atom stereocenters. The number of hydrogen-bond donors (Lipinski definition) is 3. The molecule has 3 aromatic rings. The Hall–Kier alpha value is -2.93. The Morgan fingerprint density at radius 3 is 2.77 bits per heavy atom. The Kier molecular flexibility index (Phi) is 5.18. The molecular formula is C19H19N3O3S. The van der Waals surface area contributed by atoms with Gasteiger partial charge < -0.3 is 20.2 Å². The van der Waals surface area contributed by atoms with Gasteiger partial charge in [-0.15, -0.1) is 0 Å². The molecular weight excluding hydrogens is 350 g/mol. The Morgan fingerprint density at radius 1 is 1.27 bits per heavy atom. The van der Waals surface area contributed by atoms with Crippen LogP contribution in [-0.4, -0.2) is 21.1 Å². The fourth-order valence-corrected chi connectivity index (χ4v) is 2.71. The number of nitrogens with zero attached hydrogens (tertiary/aromatic N) is 1. The van der Waals surface area contributed by atoms with E-state index in [1.165, 1.54) is 6.07 Å². The summed E-state index contributed by atoms with van der Waals surface area (Å²) < 4.78 is 5.70. The maximum Gasteiger partial charge on any atom is 0.231 e. The number of phenolic OH excluding ortho intramolecular Hbond substituents is 1. The minimum atomic E-state index is -0.143. The van der Waals surface area contributed by atoms with E-state index in [1.807, 2.05) is 38.1 Å². The van der Waals surface area contributed by atoms with Crippen molar-refractivity contribution in [3.63, 3.8) is 0 Å². The van der Waals surface area contributed by atoms with Gasteiger partial charge in [-0.2, -0.15) is 0 Å². The van der Waals surface area contributed by atoms with E-state index in [0.29, 0.717) is 34.7 Å². The predicted molar refractivity (Wildman–Crippen MR) is 105 cm³/mol. The number of aromatic nitrogens is 1. The van der Waals surface area contributed by atoms with Crippen LogP contribution in [0, 0.1) is 5.92 Å². The number of carbonyl (C=O) groups excluding carboxylic acids is 1. The smallest absolute Gasteiger partial charge is 0.231 e. The number of para-hydroxylation sites is 2.